The third-order valence-electron chi connectivity index (χ3n) is 6.23. The molecule has 3 aromatic rings. The summed E-state index contributed by atoms with van der Waals surface area (Å²) in [6.45, 7) is 3.33. The fraction of sp³-hybridized carbons (Fsp3) is 0.207. The van der Waals surface area contributed by atoms with Crippen molar-refractivity contribution in [2.75, 3.05) is 22.6 Å². The normalized spacial score (nSPS) is 14.0. The molecule has 1 heterocycles. The molecule has 8 nitrogen and oxygen atoms in total. The first-order chi connectivity index (χ1) is 17.9. The van der Waals surface area contributed by atoms with Gasteiger partial charge in [-0.15, -0.1) is 0 Å². The predicted molar refractivity (Wildman–Crippen MR) is 154 cm³/mol. The van der Waals surface area contributed by atoms with Crippen molar-refractivity contribution in [2.24, 2.45) is 5.73 Å². The number of hydrogen-bond acceptors (Lipinski definition) is 5. The van der Waals surface area contributed by atoms with Gasteiger partial charge in [-0.2, -0.15) is 0 Å². The van der Waals surface area contributed by atoms with Gasteiger partial charge >= 0.3 is 5.97 Å². The average molecular weight is 577 g/mol. The number of hydrogen-bond donors (Lipinski definition) is 4. The lowest BCUT2D eigenvalue weighted by Crippen LogP contribution is -2.49. The number of carboxylic acids is 1. The summed E-state index contributed by atoms with van der Waals surface area (Å²) < 4.78 is 0.852. The fourth-order valence-corrected chi connectivity index (χ4v) is 4.58. The van der Waals surface area contributed by atoms with E-state index in [4.69, 9.17) is 10.8 Å². The Hall–Kier alpha value is -3.95. The molecule has 2 amide bonds. The number of aryl methyl sites for hydroxylation is 1. The van der Waals surface area contributed by atoms with Crippen molar-refractivity contribution in [1.82, 2.24) is 0 Å². The molecule has 38 heavy (non-hydrogen) atoms. The van der Waals surface area contributed by atoms with Crippen LogP contribution in [0.5, 0.6) is 0 Å². The number of halogens is 1. The quantitative estimate of drug-likeness (QED) is 0.276. The molecule has 3 aromatic carbocycles. The van der Waals surface area contributed by atoms with Crippen LogP contribution in [-0.4, -0.2) is 35.5 Å². The third kappa shape index (κ3) is 5.95. The number of amides is 2. The first-order valence-electron chi connectivity index (χ1n) is 12.0. The summed E-state index contributed by atoms with van der Waals surface area (Å²) in [5.74, 6) is -1.30. The van der Waals surface area contributed by atoms with Crippen LogP contribution in [0.1, 0.15) is 37.0 Å². The maximum absolute atomic E-state index is 13.2. The van der Waals surface area contributed by atoms with Gasteiger partial charge in [0.05, 0.1) is 22.5 Å². The van der Waals surface area contributed by atoms with E-state index in [1.165, 1.54) is 4.90 Å². The van der Waals surface area contributed by atoms with Crippen LogP contribution in [0.4, 0.5) is 17.1 Å². The molecule has 1 aliphatic heterocycles. The molecule has 5 N–H and O–H groups in total. The maximum atomic E-state index is 13.2. The molecule has 0 saturated heterocycles. The van der Waals surface area contributed by atoms with Crippen molar-refractivity contribution < 1.29 is 19.5 Å². The number of carboxylic acid groups (broad SMARTS) is 1. The molecule has 4 rings (SSSR count). The van der Waals surface area contributed by atoms with Gasteiger partial charge in [0.15, 0.2) is 0 Å². The van der Waals surface area contributed by atoms with Gasteiger partial charge in [-0.1, -0.05) is 46.3 Å². The van der Waals surface area contributed by atoms with Crippen LogP contribution >= 0.6 is 15.9 Å². The van der Waals surface area contributed by atoms with Crippen LogP contribution in [-0.2, 0) is 20.8 Å². The first-order valence-corrected chi connectivity index (χ1v) is 12.8. The van der Waals surface area contributed by atoms with E-state index in [0.29, 0.717) is 29.1 Å². The van der Waals surface area contributed by atoms with Crippen molar-refractivity contribution >= 4 is 62.0 Å². The van der Waals surface area contributed by atoms with Gasteiger partial charge in [-0.25, -0.2) is 0 Å². The van der Waals surface area contributed by atoms with Crippen molar-refractivity contribution in [2.45, 2.75) is 32.2 Å². The zero-order valence-electron chi connectivity index (χ0n) is 21.3. The molecule has 0 radical (unpaired) electrons. The van der Waals surface area contributed by atoms with Crippen LogP contribution in [0.15, 0.2) is 71.2 Å². The van der Waals surface area contributed by atoms with Crippen molar-refractivity contribution in [3.8, 4) is 0 Å². The smallest absolute Gasteiger partial charge is 0.303 e. The van der Waals surface area contributed by atoms with E-state index in [2.05, 4.69) is 26.6 Å². The minimum Gasteiger partial charge on any atom is -0.481 e. The van der Waals surface area contributed by atoms with E-state index >= 15 is 0 Å². The molecule has 0 saturated carbocycles. The van der Waals surface area contributed by atoms with Gasteiger partial charge in [-0.3, -0.25) is 14.4 Å². The second kappa shape index (κ2) is 10.8. The lowest BCUT2D eigenvalue weighted by Gasteiger charge is -2.26. The summed E-state index contributed by atoms with van der Waals surface area (Å²) in [4.78, 5) is 38.2. The Labute approximate surface area is 229 Å². The summed E-state index contributed by atoms with van der Waals surface area (Å²) in [5.41, 5.74) is 10.6. The number of aliphatic carboxylic acids is 1. The molecule has 9 heteroatoms. The largest absolute Gasteiger partial charge is 0.481 e. The van der Waals surface area contributed by atoms with E-state index in [-0.39, 0.29) is 18.2 Å². The highest BCUT2D eigenvalue weighted by Gasteiger charge is 2.29. The molecular formula is C29H29BrN4O4. The monoisotopic (exact) mass is 576 g/mol. The van der Waals surface area contributed by atoms with Crippen molar-refractivity contribution in [3.05, 3.63) is 87.9 Å². The van der Waals surface area contributed by atoms with E-state index in [1.807, 2.05) is 66.7 Å². The number of fused-ring (bicyclic) bond motifs is 1. The van der Waals surface area contributed by atoms with Gasteiger partial charge in [0.25, 0.3) is 5.91 Å². The standard InChI is InChI=1S/C29H29BrN4O4/c1-29(2,31)28(38)34(3)21-12-10-20(11-13-21)32-26(18-7-4-17(5-8-18)6-15-24(35)36)25-22-14-9-19(30)16-23(22)33-27(25)37/h4-5,7-14,16,32H,6,15,31H2,1-3H3,(H,33,37)(H,35,36)/b26-25-. The summed E-state index contributed by atoms with van der Waals surface area (Å²) in [6, 6.07) is 20.4. The molecule has 0 spiro atoms. The number of likely N-dealkylation sites (N-methyl/N-ethyl adjacent to an activating group) is 1. The highest BCUT2D eigenvalue weighted by Crippen LogP contribution is 2.39. The lowest BCUT2D eigenvalue weighted by molar-refractivity contribution is -0.137. The highest BCUT2D eigenvalue weighted by molar-refractivity contribution is 9.10. The number of carbonyl (C=O) groups excluding carboxylic acids is 2. The SMILES string of the molecule is CN(C(=O)C(C)(C)N)c1ccc(N/C(=C2\C(=O)Nc3cc(Br)ccc32)c2ccc(CCC(=O)O)cc2)cc1. The maximum Gasteiger partial charge on any atom is 0.303 e. The molecule has 1 aliphatic rings. The molecule has 0 bridgehead atoms. The molecule has 0 aliphatic carbocycles. The summed E-state index contributed by atoms with van der Waals surface area (Å²) in [7, 11) is 1.68. The number of nitrogens with zero attached hydrogens (tertiary/aromatic N) is 1. The van der Waals surface area contributed by atoms with Gasteiger partial charge < -0.3 is 26.4 Å². The molecule has 0 fully saturated rings. The van der Waals surface area contributed by atoms with Crippen molar-refractivity contribution in [1.29, 1.82) is 0 Å². The Morgan fingerprint density at radius 1 is 1.05 bits per heavy atom. The minimum atomic E-state index is -1.00. The summed E-state index contributed by atoms with van der Waals surface area (Å²) >= 11 is 3.45. The third-order valence-corrected chi connectivity index (χ3v) is 6.72. The Balaban J connectivity index is 1.72. The number of anilines is 3. The Kier molecular flexibility index (Phi) is 7.71. The van der Waals surface area contributed by atoms with Crippen LogP contribution in [0.2, 0.25) is 0 Å². The minimum absolute atomic E-state index is 0.0425. The summed E-state index contributed by atoms with van der Waals surface area (Å²) in [5, 5.41) is 15.3. The molecular weight excluding hydrogens is 548 g/mol. The van der Waals surface area contributed by atoms with E-state index < -0.39 is 11.5 Å². The van der Waals surface area contributed by atoms with Crippen LogP contribution < -0.4 is 21.3 Å². The van der Waals surface area contributed by atoms with Gasteiger partial charge in [0.1, 0.15) is 0 Å². The second-order valence-electron chi connectivity index (χ2n) is 9.74. The van der Waals surface area contributed by atoms with Gasteiger partial charge in [-0.05, 0) is 67.8 Å². The number of benzene rings is 3. The first kappa shape index (κ1) is 27.1. The average Bonchev–Trinajstić information content (AvgIpc) is 3.19. The molecule has 196 valence electrons. The molecule has 0 unspecified atom stereocenters. The summed E-state index contributed by atoms with van der Waals surface area (Å²) in [6.07, 6.45) is 0.459. The topological polar surface area (TPSA) is 125 Å². The number of rotatable bonds is 8. The van der Waals surface area contributed by atoms with E-state index in [9.17, 15) is 14.4 Å². The lowest BCUT2D eigenvalue weighted by atomic mass is 9.98. The van der Waals surface area contributed by atoms with E-state index in [1.54, 1.807) is 20.9 Å². The Morgan fingerprint density at radius 3 is 2.32 bits per heavy atom. The number of nitrogens with one attached hydrogen (secondary N) is 2. The predicted octanol–water partition coefficient (Wildman–Crippen LogP) is 5.10. The fourth-order valence-electron chi connectivity index (χ4n) is 4.22. The number of carbonyl (C=O) groups is 3. The van der Waals surface area contributed by atoms with Crippen LogP contribution in [0.25, 0.3) is 11.3 Å². The zero-order valence-corrected chi connectivity index (χ0v) is 22.9. The zero-order chi connectivity index (χ0) is 27.6. The van der Waals surface area contributed by atoms with Gasteiger partial charge in [0, 0.05) is 34.9 Å². The van der Waals surface area contributed by atoms with Crippen LogP contribution in [0, 0.1) is 0 Å². The van der Waals surface area contributed by atoms with E-state index in [0.717, 1.165) is 26.9 Å². The molecule has 0 aromatic heterocycles. The molecule has 0 atom stereocenters. The number of nitrogens with two attached hydrogens (primary N) is 1. The Bertz CT molecular complexity index is 1420. The van der Waals surface area contributed by atoms with Crippen molar-refractivity contribution in [3.63, 3.8) is 0 Å². The second-order valence-corrected chi connectivity index (χ2v) is 10.7. The Morgan fingerprint density at radius 2 is 1.71 bits per heavy atom. The van der Waals surface area contributed by atoms with Gasteiger partial charge in [0.2, 0.25) is 5.91 Å². The van der Waals surface area contributed by atoms with Crippen LogP contribution in [0.3, 0.4) is 0 Å². The highest BCUT2D eigenvalue weighted by atomic mass is 79.9.